The zero-order valence-electron chi connectivity index (χ0n) is 17.8. The fraction of sp³-hybridized carbons (Fsp3) is 0.231. The van der Waals surface area contributed by atoms with Crippen molar-refractivity contribution in [3.63, 3.8) is 0 Å². The first-order chi connectivity index (χ1) is 15.7. The van der Waals surface area contributed by atoms with Crippen molar-refractivity contribution < 1.29 is 13.9 Å². The molecule has 5 nitrogen and oxygen atoms in total. The summed E-state index contributed by atoms with van der Waals surface area (Å²) in [6.07, 6.45) is 3.32. The van der Waals surface area contributed by atoms with Crippen LogP contribution in [0.5, 0.6) is 5.75 Å². The van der Waals surface area contributed by atoms with Crippen LogP contribution < -0.4 is 4.74 Å². The number of aromatic amines is 1. The lowest BCUT2D eigenvalue weighted by Crippen LogP contribution is -2.41. The van der Waals surface area contributed by atoms with Gasteiger partial charge in [0.1, 0.15) is 17.6 Å². The first-order valence-electron chi connectivity index (χ1n) is 10.8. The number of aryl methyl sites for hydroxylation is 1. The molecule has 1 atom stereocenters. The summed E-state index contributed by atoms with van der Waals surface area (Å²) < 4.78 is 20.4. The number of fused-ring (bicyclic) bond motifs is 3. The average Bonchev–Trinajstić information content (AvgIpc) is 3.21. The van der Waals surface area contributed by atoms with Crippen LogP contribution in [0.1, 0.15) is 35.0 Å². The zero-order chi connectivity index (χ0) is 22.1. The number of carbonyl (C=O) groups is 1. The Kier molecular flexibility index (Phi) is 5.35. The van der Waals surface area contributed by atoms with Gasteiger partial charge in [0, 0.05) is 53.1 Å². The van der Waals surface area contributed by atoms with Crippen molar-refractivity contribution in [2.24, 2.45) is 0 Å². The minimum absolute atomic E-state index is 0.0137. The monoisotopic (exact) mass is 429 g/mol. The molecule has 0 unspecified atom stereocenters. The van der Waals surface area contributed by atoms with E-state index in [1.54, 1.807) is 23.2 Å². The number of carbonyl (C=O) groups excluding carboxylic acids is 1. The van der Waals surface area contributed by atoms with Crippen LogP contribution in [0.15, 0.2) is 66.9 Å². The molecule has 0 saturated carbocycles. The molecule has 1 N–H and O–H groups in total. The van der Waals surface area contributed by atoms with Crippen molar-refractivity contribution in [2.75, 3.05) is 13.7 Å². The third kappa shape index (κ3) is 3.62. The summed E-state index contributed by atoms with van der Waals surface area (Å²) >= 11 is 0. The second kappa shape index (κ2) is 8.46. The molecule has 3 heterocycles. The Bertz CT molecular complexity index is 1270. The largest absolute Gasteiger partial charge is 0.497 e. The lowest BCUT2D eigenvalue weighted by atomic mass is 9.91. The number of hydrogen-bond acceptors (Lipinski definition) is 3. The summed E-state index contributed by atoms with van der Waals surface area (Å²) in [5.74, 6) is 0.0514. The summed E-state index contributed by atoms with van der Waals surface area (Å²) in [5, 5.41) is 1.13. The molecule has 1 aliphatic rings. The van der Waals surface area contributed by atoms with Crippen LogP contribution in [0.3, 0.4) is 0 Å². The van der Waals surface area contributed by atoms with E-state index < -0.39 is 6.04 Å². The Morgan fingerprint density at radius 1 is 1.19 bits per heavy atom. The molecule has 0 spiro atoms. The van der Waals surface area contributed by atoms with Crippen LogP contribution in [0.25, 0.3) is 10.9 Å². The topological polar surface area (TPSA) is 58.2 Å². The van der Waals surface area contributed by atoms with Gasteiger partial charge in [0.25, 0.3) is 0 Å². The van der Waals surface area contributed by atoms with Gasteiger partial charge in [-0.15, -0.1) is 0 Å². The van der Waals surface area contributed by atoms with Gasteiger partial charge in [-0.3, -0.25) is 9.78 Å². The van der Waals surface area contributed by atoms with E-state index >= 15 is 4.39 Å². The summed E-state index contributed by atoms with van der Waals surface area (Å²) in [6, 6.07) is 18.1. The van der Waals surface area contributed by atoms with E-state index in [0.29, 0.717) is 30.7 Å². The Hall–Kier alpha value is -3.67. The second-order valence-corrected chi connectivity index (χ2v) is 8.01. The van der Waals surface area contributed by atoms with Crippen LogP contribution in [-0.4, -0.2) is 34.4 Å². The number of ether oxygens (including phenoxy) is 1. The minimum Gasteiger partial charge on any atom is -0.497 e. The van der Waals surface area contributed by atoms with Crippen LogP contribution in [0.4, 0.5) is 4.39 Å². The van der Waals surface area contributed by atoms with E-state index in [2.05, 4.69) is 16.0 Å². The molecule has 5 rings (SSSR count). The lowest BCUT2D eigenvalue weighted by molar-refractivity contribution is -0.133. The molecule has 0 bridgehead atoms. The van der Waals surface area contributed by atoms with Gasteiger partial charge in [-0.05, 0) is 48.7 Å². The fourth-order valence-corrected chi connectivity index (χ4v) is 4.61. The number of aromatic nitrogens is 2. The Morgan fingerprint density at radius 2 is 2.03 bits per heavy atom. The summed E-state index contributed by atoms with van der Waals surface area (Å²) in [4.78, 5) is 22.9. The van der Waals surface area contributed by atoms with Crippen LogP contribution >= 0.6 is 0 Å². The molecule has 2 aromatic heterocycles. The van der Waals surface area contributed by atoms with Crippen LogP contribution in [-0.2, 0) is 17.6 Å². The standard InChI is InChI=1S/C26H24FN3O2/c1-32-18-10-11-21(22(27)16-18)26-25-20(19-7-2-3-8-23(19)29-25)13-15-30(26)24(31)12-9-17-6-4-5-14-28-17/h2-8,10-11,14,16,26,29H,9,12-13,15H2,1H3/t26-/m1/s1. The molecule has 2 aromatic carbocycles. The van der Waals surface area contributed by atoms with E-state index in [0.717, 1.165) is 34.3 Å². The maximum absolute atomic E-state index is 15.2. The SMILES string of the molecule is COc1ccc([C@@H]2c3[nH]c4ccccc4c3CCN2C(=O)CCc2ccccn2)c(F)c1. The van der Waals surface area contributed by atoms with Gasteiger partial charge in [-0.2, -0.15) is 0 Å². The molecule has 1 aliphatic heterocycles. The molecule has 6 heteroatoms. The maximum atomic E-state index is 15.2. The molecule has 0 aliphatic carbocycles. The summed E-state index contributed by atoms with van der Waals surface area (Å²) in [6.45, 7) is 0.534. The summed E-state index contributed by atoms with van der Waals surface area (Å²) in [7, 11) is 1.51. The van der Waals surface area contributed by atoms with Crippen molar-refractivity contribution in [2.45, 2.75) is 25.3 Å². The molecule has 162 valence electrons. The highest BCUT2D eigenvalue weighted by molar-refractivity contribution is 5.86. The van der Waals surface area contributed by atoms with Gasteiger partial charge in [-0.1, -0.05) is 24.3 Å². The van der Waals surface area contributed by atoms with Gasteiger partial charge in [0.05, 0.1) is 7.11 Å². The van der Waals surface area contributed by atoms with Crippen molar-refractivity contribution >= 4 is 16.8 Å². The molecular formula is C26H24FN3O2. The van der Waals surface area contributed by atoms with Crippen molar-refractivity contribution in [3.05, 3.63) is 95.2 Å². The zero-order valence-corrected chi connectivity index (χ0v) is 17.8. The molecule has 0 fully saturated rings. The Labute approximate surface area is 185 Å². The van der Waals surface area contributed by atoms with Crippen molar-refractivity contribution in [1.29, 1.82) is 0 Å². The second-order valence-electron chi connectivity index (χ2n) is 8.01. The van der Waals surface area contributed by atoms with E-state index in [1.807, 2.05) is 36.4 Å². The average molecular weight is 429 g/mol. The number of rotatable bonds is 5. The number of nitrogens with zero attached hydrogens (tertiary/aromatic N) is 2. The molecular weight excluding hydrogens is 405 g/mol. The third-order valence-electron chi connectivity index (χ3n) is 6.18. The fourth-order valence-electron chi connectivity index (χ4n) is 4.61. The highest BCUT2D eigenvalue weighted by atomic mass is 19.1. The number of halogens is 1. The predicted molar refractivity (Wildman–Crippen MR) is 121 cm³/mol. The molecule has 0 saturated heterocycles. The first-order valence-corrected chi connectivity index (χ1v) is 10.8. The van der Waals surface area contributed by atoms with Crippen molar-refractivity contribution in [3.8, 4) is 5.75 Å². The van der Waals surface area contributed by atoms with Crippen LogP contribution in [0, 0.1) is 5.82 Å². The quantitative estimate of drug-likeness (QED) is 0.495. The number of amides is 1. The normalized spacial score (nSPS) is 15.6. The lowest BCUT2D eigenvalue weighted by Gasteiger charge is -2.36. The first kappa shape index (κ1) is 20.2. The molecule has 32 heavy (non-hydrogen) atoms. The van der Waals surface area contributed by atoms with Crippen molar-refractivity contribution in [1.82, 2.24) is 14.9 Å². The van der Waals surface area contributed by atoms with E-state index in [9.17, 15) is 4.79 Å². The number of pyridine rings is 1. The number of nitrogens with one attached hydrogen (secondary N) is 1. The summed E-state index contributed by atoms with van der Waals surface area (Å²) in [5.41, 5.74) is 4.36. The van der Waals surface area contributed by atoms with Gasteiger partial charge < -0.3 is 14.6 Å². The minimum atomic E-state index is -0.520. The third-order valence-corrected chi connectivity index (χ3v) is 6.18. The van der Waals surface area contributed by atoms with Gasteiger partial charge in [0.15, 0.2) is 0 Å². The molecule has 1 amide bonds. The number of H-pyrrole nitrogens is 1. The van der Waals surface area contributed by atoms with E-state index in [4.69, 9.17) is 4.74 Å². The van der Waals surface area contributed by atoms with Gasteiger partial charge >= 0.3 is 0 Å². The molecule has 0 radical (unpaired) electrons. The van der Waals surface area contributed by atoms with Gasteiger partial charge in [0.2, 0.25) is 5.91 Å². The number of methoxy groups -OCH3 is 1. The Balaban J connectivity index is 1.54. The number of hydrogen-bond donors (Lipinski definition) is 1. The number of benzene rings is 2. The van der Waals surface area contributed by atoms with Crippen LogP contribution in [0.2, 0.25) is 0 Å². The van der Waals surface area contributed by atoms with E-state index in [-0.39, 0.29) is 11.7 Å². The molecule has 4 aromatic rings. The maximum Gasteiger partial charge on any atom is 0.223 e. The number of para-hydroxylation sites is 1. The predicted octanol–water partition coefficient (Wildman–Crippen LogP) is 4.82. The Morgan fingerprint density at radius 3 is 2.81 bits per heavy atom. The smallest absolute Gasteiger partial charge is 0.223 e. The van der Waals surface area contributed by atoms with E-state index in [1.165, 1.54) is 13.2 Å². The highest BCUT2D eigenvalue weighted by Crippen LogP contribution is 2.40. The highest BCUT2D eigenvalue weighted by Gasteiger charge is 2.35. The van der Waals surface area contributed by atoms with Gasteiger partial charge in [-0.25, -0.2) is 4.39 Å².